The highest BCUT2D eigenvalue weighted by molar-refractivity contribution is 7.07. The summed E-state index contributed by atoms with van der Waals surface area (Å²) in [5.41, 5.74) is -0.321. The third-order valence-corrected chi connectivity index (χ3v) is 4.77. The van der Waals surface area contributed by atoms with Crippen LogP contribution in [0.15, 0.2) is 47.5 Å². The lowest BCUT2D eigenvalue weighted by atomic mass is 10.2. The summed E-state index contributed by atoms with van der Waals surface area (Å²) in [4.78, 5) is 38.8. The van der Waals surface area contributed by atoms with Crippen LogP contribution in [0.4, 0.5) is 0 Å². The molecule has 1 aromatic carbocycles. The topological polar surface area (TPSA) is 89.3 Å². The number of H-pyrrole nitrogens is 1. The third kappa shape index (κ3) is 3.95. The number of nitrogens with zero attached hydrogens (tertiary/aromatic N) is 1. The maximum atomic E-state index is 12.6. The second-order valence-corrected chi connectivity index (χ2v) is 6.52. The van der Waals surface area contributed by atoms with Crippen LogP contribution in [0.25, 0.3) is 22.5 Å². The number of aromatic amines is 1. The van der Waals surface area contributed by atoms with Crippen LogP contribution >= 0.6 is 11.3 Å². The van der Waals surface area contributed by atoms with E-state index in [1.807, 2.05) is 30.3 Å². The van der Waals surface area contributed by atoms with Gasteiger partial charge >= 0.3 is 17.6 Å². The zero-order chi connectivity index (χ0) is 19.4. The number of methoxy groups -OCH3 is 1. The van der Waals surface area contributed by atoms with Gasteiger partial charge in [0.05, 0.1) is 13.7 Å². The molecule has 0 fully saturated rings. The van der Waals surface area contributed by atoms with Gasteiger partial charge in [0.15, 0.2) is 17.1 Å². The number of aromatic nitrogens is 2. The standard InChI is InChI=1S/C19H16N2O5S/c1-3-26-19(24)16(18-20-17(23)14(27-18)10-15(22)25-2)21-9-8-12-6-4-5-7-13(12)11-21/h4-11H,3H2,1-2H3/p+1/b14-10-. The fraction of sp³-hybridized carbons (Fsp3) is 0.158. The molecule has 0 aliphatic rings. The summed E-state index contributed by atoms with van der Waals surface area (Å²) >= 11 is 0.983. The Balaban J connectivity index is 2.28. The van der Waals surface area contributed by atoms with Crippen LogP contribution in [0.2, 0.25) is 0 Å². The maximum absolute atomic E-state index is 12.6. The first kappa shape index (κ1) is 18.5. The average Bonchev–Trinajstić information content (AvgIpc) is 3.01. The predicted molar refractivity (Wildman–Crippen MR) is 100 cm³/mol. The van der Waals surface area contributed by atoms with E-state index in [-0.39, 0.29) is 21.5 Å². The number of hydrogen-bond donors (Lipinski definition) is 1. The smallest absolute Gasteiger partial charge is 0.407 e. The molecule has 0 unspecified atom stereocenters. The Hall–Kier alpha value is -3.26. The van der Waals surface area contributed by atoms with Gasteiger partial charge in [-0.15, -0.1) is 11.3 Å². The number of esters is 2. The van der Waals surface area contributed by atoms with E-state index >= 15 is 0 Å². The molecule has 0 atom stereocenters. The van der Waals surface area contributed by atoms with Crippen molar-refractivity contribution in [2.75, 3.05) is 13.7 Å². The van der Waals surface area contributed by atoms with Gasteiger partial charge in [0, 0.05) is 17.5 Å². The molecule has 3 aromatic rings. The van der Waals surface area contributed by atoms with Crippen molar-refractivity contribution in [2.24, 2.45) is 0 Å². The highest BCUT2D eigenvalue weighted by Crippen LogP contribution is 2.10. The lowest BCUT2D eigenvalue weighted by Crippen LogP contribution is -2.42. The minimum absolute atomic E-state index is 0.139. The molecule has 0 saturated carbocycles. The minimum atomic E-state index is -0.648. The molecular formula is C19H17N2O5S+. The molecule has 0 aliphatic heterocycles. The van der Waals surface area contributed by atoms with Crippen molar-refractivity contribution in [1.29, 1.82) is 0 Å². The number of nitrogens with one attached hydrogen (secondary N) is 1. The summed E-state index contributed by atoms with van der Waals surface area (Å²) in [5.74, 6) is -1.23. The molecule has 0 bridgehead atoms. The highest BCUT2D eigenvalue weighted by Gasteiger charge is 2.25. The van der Waals surface area contributed by atoms with Crippen LogP contribution in [0.3, 0.4) is 0 Å². The normalized spacial score (nSPS) is 12.7. The van der Waals surface area contributed by atoms with Crippen LogP contribution in [-0.4, -0.2) is 30.6 Å². The Bertz CT molecular complexity index is 1190. The van der Waals surface area contributed by atoms with Crippen molar-refractivity contribution in [2.45, 2.75) is 6.92 Å². The Kier molecular flexibility index (Phi) is 5.46. The molecule has 138 valence electrons. The van der Waals surface area contributed by atoms with Crippen LogP contribution in [0, 0.1) is 0 Å². The second kappa shape index (κ2) is 7.96. The van der Waals surface area contributed by atoms with Gasteiger partial charge in [-0.05, 0) is 18.4 Å². The van der Waals surface area contributed by atoms with Gasteiger partial charge in [-0.1, -0.05) is 18.2 Å². The summed E-state index contributed by atoms with van der Waals surface area (Å²) in [5, 5.41) is 1.93. The SMILES string of the molecule is CCOC(=O)/C(=c1\[nH]c(=O)/c(=C/C(=O)OC)s1)[n+]1ccc2ccccc2c1. The first-order valence-electron chi connectivity index (χ1n) is 8.14. The molecule has 27 heavy (non-hydrogen) atoms. The number of carbonyl (C=O) groups is 2. The second-order valence-electron chi connectivity index (χ2n) is 5.47. The van der Waals surface area contributed by atoms with E-state index in [0.717, 1.165) is 28.2 Å². The number of rotatable bonds is 4. The third-order valence-electron chi connectivity index (χ3n) is 3.74. The van der Waals surface area contributed by atoms with E-state index in [0.29, 0.717) is 0 Å². The van der Waals surface area contributed by atoms with E-state index in [9.17, 15) is 14.4 Å². The van der Waals surface area contributed by atoms with Gasteiger partial charge in [0.1, 0.15) is 4.53 Å². The maximum Gasteiger partial charge on any atom is 0.407 e. The van der Waals surface area contributed by atoms with Gasteiger partial charge < -0.3 is 14.5 Å². The van der Waals surface area contributed by atoms with Crippen molar-refractivity contribution in [3.05, 3.63) is 62.3 Å². The number of benzene rings is 1. The first-order chi connectivity index (χ1) is 13.0. The van der Waals surface area contributed by atoms with Crippen molar-refractivity contribution < 1.29 is 23.6 Å². The molecule has 2 aromatic heterocycles. The van der Waals surface area contributed by atoms with E-state index < -0.39 is 17.5 Å². The van der Waals surface area contributed by atoms with Crippen molar-refractivity contribution in [3.8, 4) is 0 Å². The molecule has 0 aliphatic carbocycles. The minimum Gasteiger partial charge on any atom is -0.466 e. The van der Waals surface area contributed by atoms with Crippen molar-refractivity contribution >= 4 is 45.8 Å². The zero-order valence-electron chi connectivity index (χ0n) is 14.7. The fourth-order valence-corrected chi connectivity index (χ4v) is 3.45. The van der Waals surface area contributed by atoms with Gasteiger partial charge in [0.2, 0.25) is 0 Å². The number of ether oxygens (including phenoxy) is 2. The van der Waals surface area contributed by atoms with Gasteiger partial charge in [-0.3, -0.25) is 4.79 Å². The van der Waals surface area contributed by atoms with Crippen molar-refractivity contribution in [3.63, 3.8) is 0 Å². The van der Waals surface area contributed by atoms with E-state index in [1.54, 1.807) is 23.9 Å². The summed E-state index contributed by atoms with van der Waals surface area (Å²) in [6.07, 6.45) is 4.58. The predicted octanol–water partition coefficient (Wildman–Crippen LogP) is 0.0502. The summed E-state index contributed by atoms with van der Waals surface area (Å²) in [6.45, 7) is 1.89. The Labute approximate surface area is 157 Å². The van der Waals surface area contributed by atoms with Crippen LogP contribution in [-0.2, 0) is 19.1 Å². The summed E-state index contributed by atoms with van der Waals surface area (Å²) < 4.78 is 11.7. The largest absolute Gasteiger partial charge is 0.466 e. The summed E-state index contributed by atoms with van der Waals surface area (Å²) in [6, 6.07) is 9.56. The lowest BCUT2D eigenvalue weighted by Gasteiger charge is -2.02. The van der Waals surface area contributed by atoms with Gasteiger partial charge in [-0.25, -0.2) is 9.59 Å². The first-order valence-corrected chi connectivity index (χ1v) is 8.95. The zero-order valence-corrected chi connectivity index (χ0v) is 15.5. The van der Waals surface area contributed by atoms with Gasteiger partial charge in [-0.2, -0.15) is 4.57 Å². The average molecular weight is 385 g/mol. The molecule has 1 N–H and O–H groups in total. The molecule has 3 rings (SSSR count). The Morgan fingerprint density at radius 2 is 1.96 bits per heavy atom. The number of pyridine rings is 1. The molecular weight excluding hydrogens is 368 g/mol. The van der Waals surface area contributed by atoms with E-state index in [1.165, 1.54) is 7.11 Å². The molecule has 0 saturated heterocycles. The van der Waals surface area contributed by atoms with E-state index in [2.05, 4.69) is 9.72 Å². The van der Waals surface area contributed by atoms with Crippen LogP contribution < -0.4 is 19.3 Å². The number of hydrogen-bond acceptors (Lipinski definition) is 6. The quantitative estimate of drug-likeness (QED) is 0.506. The molecule has 0 amide bonds. The number of thiazole rings is 1. The number of carbonyl (C=O) groups excluding carboxylic acids is 2. The van der Waals surface area contributed by atoms with Crippen molar-refractivity contribution in [1.82, 2.24) is 4.98 Å². The monoisotopic (exact) mass is 385 g/mol. The Morgan fingerprint density at radius 3 is 2.67 bits per heavy atom. The molecule has 8 heteroatoms. The lowest BCUT2D eigenvalue weighted by molar-refractivity contribution is -0.577. The summed E-state index contributed by atoms with van der Waals surface area (Å²) in [7, 11) is 1.22. The molecule has 7 nitrogen and oxygen atoms in total. The highest BCUT2D eigenvalue weighted by atomic mass is 32.1. The molecule has 0 radical (unpaired) electrons. The molecule has 0 spiro atoms. The van der Waals surface area contributed by atoms with E-state index in [4.69, 9.17) is 4.74 Å². The van der Waals surface area contributed by atoms with Crippen LogP contribution in [0.5, 0.6) is 0 Å². The fourth-order valence-electron chi connectivity index (χ4n) is 2.50. The molecule has 2 heterocycles. The van der Waals surface area contributed by atoms with Crippen LogP contribution in [0.1, 0.15) is 6.92 Å². The number of fused-ring (bicyclic) bond motifs is 1. The van der Waals surface area contributed by atoms with Gasteiger partial charge in [0.25, 0.3) is 5.56 Å². The Morgan fingerprint density at radius 1 is 1.22 bits per heavy atom.